The van der Waals surface area contributed by atoms with Crippen LogP contribution in [0.2, 0.25) is 0 Å². The number of urea groups is 1. The Kier molecular flexibility index (Phi) is 4.00. The summed E-state index contributed by atoms with van der Waals surface area (Å²) in [6.45, 7) is 0.703. The third-order valence-electron chi connectivity index (χ3n) is 5.12. The number of ether oxygens (including phenoxy) is 1. The zero-order valence-corrected chi connectivity index (χ0v) is 14.0. The maximum atomic E-state index is 12.7. The lowest BCUT2D eigenvalue weighted by molar-refractivity contribution is 0.238. The number of hydrogen-bond acceptors (Lipinski definition) is 3. The lowest BCUT2D eigenvalue weighted by atomic mass is 9.96. The number of carbonyl (C=O) groups is 1. The average molecular weight is 325 g/mol. The first-order valence-electron chi connectivity index (χ1n) is 8.80. The van der Waals surface area contributed by atoms with Gasteiger partial charge < -0.3 is 10.1 Å². The number of fused-ring (bicyclic) bond motifs is 2. The van der Waals surface area contributed by atoms with Crippen LogP contribution in [0.25, 0.3) is 10.9 Å². The van der Waals surface area contributed by atoms with Gasteiger partial charge in [0.15, 0.2) is 0 Å². The van der Waals surface area contributed by atoms with Crippen molar-refractivity contribution >= 4 is 22.8 Å². The fraction of sp³-hybridized carbons (Fsp3) is 0.474. The Hall–Kier alpha value is -2.30. The largest absolute Gasteiger partial charge is 0.497 e. The summed E-state index contributed by atoms with van der Waals surface area (Å²) in [5.41, 5.74) is 2.01. The smallest absolute Gasteiger partial charge is 0.323 e. The molecule has 1 aromatic carbocycles. The van der Waals surface area contributed by atoms with E-state index in [0.717, 1.165) is 47.3 Å². The molecule has 0 atom stereocenters. The number of pyridine rings is 1. The van der Waals surface area contributed by atoms with Crippen molar-refractivity contribution in [3.05, 3.63) is 29.8 Å². The average Bonchev–Trinajstić information content (AvgIpc) is 3.03. The van der Waals surface area contributed by atoms with Crippen LogP contribution in [0, 0.1) is 0 Å². The highest BCUT2D eigenvalue weighted by Crippen LogP contribution is 2.31. The van der Waals surface area contributed by atoms with E-state index in [1.165, 1.54) is 19.3 Å². The SMILES string of the molecule is COc1ccc2cc3c(nc2c1)N(C(=O)NC1CCCCC1)CC3. The number of nitrogens with zero attached hydrogens (tertiary/aromatic N) is 2. The number of rotatable bonds is 2. The van der Waals surface area contributed by atoms with Gasteiger partial charge in [0.05, 0.1) is 12.6 Å². The van der Waals surface area contributed by atoms with Gasteiger partial charge in [0.1, 0.15) is 11.6 Å². The molecule has 24 heavy (non-hydrogen) atoms. The fourth-order valence-corrected chi connectivity index (χ4v) is 3.76. The number of aromatic nitrogens is 1. The molecule has 2 amide bonds. The molecule has 5 heteroatoms. The van der Waals surface area contributed by atoms with Crippen molar-refractivity contribution in [2.45, 2.75) is 44.6 Å². The maximum Gasteiger partial charge on any atom is 0.323 e. The lowest BCUT2D eigenvalue weighted by Crippen LogP contribution is -2.45. The van der Waals surface area contributed by atoms with Crippen molar-refractivity contribution in [2.24, 2.45) is 0 Å². The van der Waals surface area contributed by atoms with Crippen molar-refractivity contribution < 1.29 is 9.53 Å². The first-order chi connectivity index (χ1) is 11.7. The summed E-state index contributed by atoms with van der Waals surface area (Å²) in [5.74, 6) is 1.58. The van der Waals surface area contributed by atoms with Crippen LogP contribution in [-0.2, 0) is 6.42 Å². The van der Waals surface area contributed by atoms with E-state index in [-0.39, 0.29) is 6.03 Å². The Morgan fingerprint density at radius 1 is 1.25 bits per heavy atom. The molecule has 1 fully saturated rings. The van der Waals surface area contributed by atoms with Crippen LogP contribution < -0.4 is 15.0 Å². The van der Waals surface area contributed by atoms with E-state index in [9.17, 15) is 4.79 Å². The fourth-order valence-electron chi connectivity index (χ4n) is 3.76. The Balaban J connectivity index is 1.59. The number of nitrogens with one attached hydrogen (secondary N) is 1. The summed E-state index contributed by atoms with van der Waals surface area (Å²) in [5, 5.41) is 4.28. The molecule has 2 heterocycles. The number of hydrogen-bond donors (Lipinski definition) is 1. The number of methoxy groups -OCH3 is 1. The minimum Gasteiger partial charge on any atom is -0.497 e. The third kappa shape index (κ3) is 2.79. The summed E-state index contributed by atoms with van der Waals surface area (Å²) in [7, 11) is 1.65. The Labute approximate surface area is 142 Å². The van der Waals surface area contributed by atoms with E-state index in [0.29, 0.717) is 12.6 Å². The van der Waals surface area contributed by atoms with Gasteiger partial charge in [-0.15, -0.1) is 0 Å². The van der Waals surface area contributed by atoms with E-state index in [1.807, 2.05) is 18.2 Å². The van der Waals surface area contributed by atoms with Gasteiger partial charge in [-0.2, -0.15) is 0 Å². The molecule has 0 saturated heterocycles. The predicted molar refractivity (Wildman–Crippen MR) is 94.7 cm³/mol. The van der Waals surface area contributed by atoms with Crippen LogP contribution in [0.4, 0.5) is 10.6 Å². The summed E-state index contributed by atoms with van der Waals surface area (Å²) in [4.78, 5) is 19.2. The van der Waals surface area contributed by atoms with E-state index >= 15 is 0 Å². The van der Waals surface area contributed by atoms with E-state index < -0.39 is 0 Å². The van der Waals surface area contributed by atoms with Gasteiger partial charge in [-0.05, 0) is 43.0 Å². The molecule has 1 aliphatic carbocycles. The van der Waals surface area contributed by atoms with Gasteiger partial charge in [0.2, 0.25) is 0 Å². The standard InChI is InChI=1S/C19H23N3O2/c1-24-16-8-7-13-11-14-9-10-22(18(14)21-17(13)12-16)19(23)20-15-5-3-2-4-6-15/h7-8,11-12,15H,2-6,9-10H2,1H3,(H,20,23). The Bertz CT molecular complexity index is 769. The number of anilines is 1. The first-order valence-corrected chi connectivity index (χ1v) is 8.80. The van der Waals surface area contributed by atoms with Crippen molar-refractivity contribution in [1.82, 2.24) is 10.3 Å². The second-order valence-electron chi connectivity index (χ2n) is 6.72. The van der Waals surface area contributed by atoms with Crippen molar-refractivity contribution in [2.75, 3.05) is 18.6 Å². The summed E-state index contributed by atoms with van der Waals surface area (Å²) >= 11 is 0. The van der Waals surface area contributed by atoms with Crippen LogP contribution in [0.3, 0.4) is 0 Å². The minimum atomic E-state index is -0.00426. The second kappa shape index (κ2) is 6.30. The third-order valence-corrected chi connectivity index (χ3v) is 5.12. The zero-order chi connectivity index (χ0) is 16.5. The van der Waals surface area contributed by atoms with E-state index in [4.69, 9.17) is 9.72 Å². The predicted octanol–water partition coefficient (Wildman–Crippen LogP) is 3.65. The second-order valence-corrected chi connectivity index (χ2v) is 6.72. The summed E-state index contributed by atoms with van der Waals surface area (Å²) < 4.78 is 5.28. The molecule has 4 rings (SSSR count). The first kappa shape index (κ1) is 15.2. The molecule has 126 valence electrons. The van der Waals surface area contributed by atoms with Gasteiger partial charge in [-0.1, -0.05) is 19.3 Å². The molecular weight excluding hydrogens is 302 g/mol. The molecule has 2 aliphatic rings. The van der Waals surface area contributed by atoms with Gasteiger partial charge in [0, 0.05) is 24.0 Å². The monoisotopic (exact) mass is 325 g/mol. The number of carbonyl (C=O) groups excluding carboxylic acids is 1. The minimum absolute atomic E-state index is 0.00426. The Morgan fingerprint density at radius 2 is 2.08 bits per heavy atom. The molecule has 5 nitrogen and oxygen atoms in total. The van der Waals surface area contributed by atoms with Crippen molar-refractivity contribution in [1.29, 1.82) is 0 Å². The highest BCUT2D eigenvalue weighted by molar-refractivity contribution is 5.95. The molecule has 0 unspecified atom stereocenters. The quantitative estimate of drug-likeness (QED) is 0.917. The molecule has 0 bridgehead atoms. The van der Waals surface area contributed by atoms with Crippen molar-refractivity contribution in [3.8, 4) is 5.75 Å². The molecule has 0 spiro atoms. The summed E-state index contributed by atoms with van der Waals surface area (Å²) in [6.07, 6.45) is 6.76. The lowest BCUT2D eigenvalue weighted by Gasteiger charge is -2.26. The number of amides is 2. The van der Waals surface area contributed by atoms with Gasteiger partial charge >= 0.3 is 6.03 Å². The number of benzene rings is 1. The highest BCUT2D eigenvalue weighted by atomic mass is 16.5. The normalized spacial score (nSPS) is 17.8. The van der Waals surface area contributed by atoms with E-state index in [2.05, 4.69) is 11.4 Å². The molecule has 1 aliphatic heterocycles. The van der Waals surface area contributed by atoms with Crippen LogP contribution in [0.1, 0.15) is 37.7 Å². The molecule has 0 radical (unpaired) electrons. The van der Waals surface area contributed by atoms with Gasteiger partial charge in [-0.3, -0.25) is 4.90 Å². The van der Waals surface area contributed by atoms with Gasteiger partial charge in [0.25, 0.3) is 0 Å². The van der Waals surface area contributed by atoms with Crippen LogP contribution in [0.5, 0.6) is 5.75 Å². The highest BCUT2D eigenvalue weighted by Gasteiger charge is 2.28. The van der Waals surface area contributed by atoms with Crippen LogP contribution in [-0.4, -0.2) is 30.7 Å². The van der Waals surface area contributed by atoms with Crippen molar-refractivity contribution in [3.63, 3.8) is 0 Å². The van der Waals surface area contributed by atoms with Crippen LogP contribution in [0.15, 0.2) is 24.3 Å². The van der Waals surface area contributed by atoms with E-state index in [1.54, 1.807) is 12.0 Å². The summed E-state index contributed by atoms with van der Waals surface area (Å²) in [6, 6.07) is 8.34. The molecule has 1 N–H and O–H groups in total. The molecular formula is C19H23N3O2. The molecule has 1 saturated carbocycles. The van der Waals surface area contributed by atoms with Crippen LogP contribution >= 0.6 is 0 Å². The molecule has 1 aromatic heterocycles. The molecule has 2 aromatic rings. The Morgan fingerprint density at radius 3 is 2.88 bits per heavy atom. The zero-order valence-electron chi connectivity index (χ0n) is 14.0. The topological polar surface area (TPSA) is 54.5 Å². The maximum absolute atomic E-state index is 12.7. The van der Waals surface area contributed by atoms with Gasteiger partial charge in [-0.25, -0.2) is 9.78 Å².